The molecule has 0 saturated carbocycles. The van der Waals surface area contributed by atoms with E-state index in [1.807, 2.05) is 25.7 Å². The lowest BCUT2D eigenvalue weighted by atomic mass is 9.76. The van der Waals surface area contributed by atoms with Gasteiger partial charge in [0.05, 0.1) is 0 Å². The van der Waals surface area contributed by atoms with Gasteiger partial charge in [-0.15, -0.1) is 0 Å². The van der Waals surface area contributed by atoms with Gasteiger partial charge in [0, 0.05) is 19.6 Å². The van der Waals surface area contributed by atoms with Crippen LogP contribution in [0.1, 0.15) is 40.5 Å². The van der Waals surface area contributed by atoms with Crippen LogP contribution in [0.2, 0.25) is 0 Å². The molecule has 2 fully saturated rings. The van der Waals surface area contributed by atoms with Crippen LogP contribution in [-0.2, 0) is 4.74 Å². The van der Waals surface area contributed by atoms with Crippen molar-refractivity contribution in [3.63, 3.8) is 0 Å². The highest BCUT2D eigenvalue weighted by Gasteiger charge is 2.42. The number of nitrogens with zero attached hydrogens (tertiary/aromatic N) is 1. The SMILES string of the molecule is CC(C)(C)OC(=O)N1CCC(C2(C)CCNC2)C1. The van der Waals surface area contributed by atoms with E-state index in [1.165, 1.54) is 6.42 Å². The van der Waals surface area contributed by atoms with Gasteiger partial charge in [-0.3, -0.25) is 0 Å². The number of hydrogen-bond donors (Lipinski definition) is 1. The monoisotopic (exact) mass is 254 g/mol. The third-order valence-corrected chi connectivity index (χ3v) is 4.23. The van der Waals surface area contributed by atoms with E-state index >= 15 is 0 Å². The summed E-state index contributed by atoms with van der Waals surface area (Å²) in [6.45, 7) is 12.0. The van der Waals surface area contributed by atoms with Crippen molar-refractivity contribution >= 4 is 6.09 Å². The maximum absolute atomic E-state index is 12.0. The van der Waals surface area contributed by atoms with Crippen LogP contribution in [0.15, 0.2) is 0 Å². The predicted molar refractivity (Wildman–Crippen MR) is 71.5 cm³/mol. The Kier molecular flexibility index (Phi) is 3.58. The van der Waals surface area contributed by atoms with Crippen LogP contribution in [0.25, 0.3) is 0 Å². The van der Waals surface area contributed by atoms with Crippen molar-refractivity contribution in [1.82, 2.24) is 10.2 Å². The first-order valence-electron chi connectivity index (χ1n) is 6.99. The van der Waals surface area contributed by atoms with E-state index in [2.05, 4.69) is 12.2 Å². The van der Waals surface area contributed by atoms with E-state index in [0.29, 0.717) is 11.3 Å². The van der Waals surface area contributed by atoms with Gasteiger partial charge in [-0.25, -0.2) is 4.79 Å². The molecule has 0 aromatic heterocycles. The Bertz CT molecular complexity index is 316. The molecule has 0 spiro atoms. The lowest BCUT2D eigenvalue weighted by Gasteiger charge is -2.30. The van der Waals surface area contributed by atoms with E-state index in [0.717, 1.165) is 32.6 Å². The van der Waals surface area contributed by atoms with Crippen molar-refractivity contribution in [1.29, 1.82) is 0 Å². The molecule has 2 rings (SSSR count). The first-order chi connectivity index (χ1) is 8.30. The quantitative estimate of drug-likeness (QED) is 0.780. The topological polar surface area (TPSA) is 41.6 Å². The number of likely N-dealkylation sites (tertiary alicyclic amines) is 1. The second-order valence-corrected chi connectivity index (χ2v) is 6.99. The molecule has 0 aromatic carbocycles. The average molecular weight is 254 g/mol. The van der Waals surface area contributed by atoms with Gasteiger partial charge in [0.15, 0.2) is 0 Å². The van der Waals surface area contributed by atoms with Crippen LogP contribution in [0.5, 0.6) is 0 Å². The van der Waals surface area contributed by atoms with Crippen molar-refractivity contribution in [2.75, 3.05) is 26.2 Å². The first-order valence-corrected chi connectivity index (χ1v) is 6.99. The van der Waals surface area contributed by atoms with Crippen LogP contribution in [0.3, 0.4) is 0 Å². The molecule has 2 atom stereocenters. The Morgan fingerprint density at radius 1 is 1.44 bits per heavy atom. The summed E-state index contributed by atoms with van der Waals surface area (Å²) in [5.41, 5.74) is -0.0370. The third-order valence-electron chi connectivity index (χ3n) is 4.23. The van der Waals surface area contributed by atoms with Gasteiger partial charge in [-0.05, 0) is 51.5 Å². The molecule has 2 unspecified atom stereocenters. The summed E-state index contributed by atoms with van der Waals surface area (Å²) in [4.78, 5) is 13.9. The first kappa shape index (κ1) is 13.7. The molecule has 18 heavy (non-hydrogen) atoms. The fraction of sp³-hybridized carbons (Fsp3) is 0.929. The molecule has 0 aliphatic carbocycles. The van der Waals surface area contributed by atoms with Crippen molar-refractivity contribution < 1.29 is 9.53 Å². The Morgan fingerprint density at radius 2 is 2.17 bits per heavy atom. The van der Waals surface area contributed by atoms with E-state index in [4.69, 9.17) is 4.74 Å². The lowest BCUT2D eigenvalue weighted by Crippen LogP contribution is -2.37. The summed E-state index contributed by atoms with van der Waals surface area (Å²) < 4.78 is 5.44. The molecule has 1 N–H and O–H groups in total. The molecule has 2 aliphatic heterocycles. The molecule has 2 heterocycles. The minimum atomic E-state index is -0.395. The normalized spacial score (nSPS) is 32.9. The third kappa shape index (κ3) is 2.97. The van der Waals surface area contributed by atoms with Crippen LogP contribution >= 0.6 is 0 Å². The average Bonchev–Trinajstić information content (AvgIpc) is 2.83. The molecular weight excluding hydrogens is 228 g/mol. The maximum atomic E-state index is 12.0. The zero-order valence-corrected chi connectivity index (χ0v) is 12.1. The summed E-state index contributed by atoms with van der Waals surface area (Å²) in [6, 6.07) is 0. The lowest BCUT2D eigenvalue weighted by molar-refractivity contribution is 0.0276. The minimum Gasteiger partial charge on any atom is -0.444 e. The molecule has 4 heteroatoms. The predicted octanol–water partition coefficient (Wildman–Crippen LogP) is 2.24. The number of ether oxygens (including phenoxy) is 1. The smallest absolute Gasteiger partial charge is 0.410 e. The molecule has 4 nitrogen and oxygen atoms in total. The van der Waals surface area contributed by atoms with Crippen LogP contribution < -0.4 is 5.32 Å². The largest absolute Gasteiger partial charge is 0.444 e. The standard InChI is InChI=1S/C14H26N2O2/c1-13(2,3)18-12(17)16-8-5-11(9-16)14(4)6-7-15-10-14/h11,15H,5-10H2,1-4H3. The molecule has 0 aromatic rings. The van der Waals surface area contributed by atoms with Crippen LogP contribution in [0, 0.1) is 11.3 Å². The van der Waals surface area contributed by atoms with E-state index < -0.39 is 5.60 Å². The number of carbonyl (C=O) groups excluding carboxylic acids is 1. The van der Waals surface area contributed by atoms with Gasteiger partial charge in [-0.2, -0.15) is 0 Å². The number of carbonyl (C=O) groups is 1. The highest BCUT2D eigenvalue weighted by Crippen LogP contribution is 2.39. The fourth-order valence-corrected chi connectivity index (χ4v) is 3.01. The van der Waals surface area contributed by atoms with Crippen molar-refractivity contribution in [3.8, 4) is 0 Å². The summed E-state index contributed by atoms with van der Waals surface area (Å²) in [7, 11) is 0. The second-order valence-electron chi connectivity index (χ2n) is 6.99. The molecular formula is C14H26N2O2. The van der Waals surface area contributed by atoms with Gasteiger partial charge in [0.2, 0.25) is 0 Å². The molecule has 104 valence electrons. The molecule has 2 aliphatic rings. The van der Waals surface area contributed by atoms with E-state index in [-0.39, 0.29) is 6.09 Å². The number of nitrogens with one attached hydrogen (secondary N) is 1. The van der Waals surface area contributed by atoms with Crippen molar-refractivity contribution in [2.45, 2.75) is 46.1 Å². The van der Waals surface area contributed by atoms with Crippen molar-refractivity contribution in [3.05, 3.63) is 0 Å². The van der Waals surface area contributed by atoms with E-state index in [1.54, 1.807) is 0 Å². The summed E-state index contributed by atoms with van der Waals surface area (Å²) in [6.07, 6.45) is 2.18. The molecule has 1 amide bonds. The van der Waals surface area contributed by atoms with Gasteiger partial charge in [0.1, 0.15) is 5.60 Å². The molecule has 0 bridgehead atoms. The Balaban J connectivity index is 1.90. The van der Waals surface area contributed by atoms with E-state index in [9.17, 15) is 4.79 Å². The fourth-order valence-electron chi connectivity index (χ4n) is 3.01. The summed E-state index contributed by atoms with van der Waals surface area (Å²) >= 11 is 0. The van der Waals surface area contributed by atoms with Gasteiger partial charge in [-0.1, -0.05) is 6.92 Å². The number of amides is 1. The van der Waals surface area contributed by atoms with Crippen molar-refractivity contribution in [2.24, 2.45) is 11.3 Å². The highest BCUT2D eigenvalue weighted by atomic mass is 16.6. The Morgan fingerprint density at radius 3 is 2.72 bits per heavy atom. The zero-order chi connectivity index (χ0) is 13.4. The molecule has 2 saturated heterocycles. The summed E-state index contributed by atoms with van der Waals surface area (Å²) in [5, 5.41) is 3.44. The second kappa shape index (κ2) is 4.72. The van der Waals surface area contributed by atoms with Gasteiger partial charge >= 0.3 is 6.09 Å². The minimum absolute atomic E-state index is 0.153. The highest BCUT2D eigenvalue weighted by molar-refractivity contribution is 5.68. The van der Waals surface area contributed by atoms with Crippen LogP contribution in [0.4, 0.5) is 4.79 Å². The number of rotatable bonds is 1. The zero-order valence-electron chi connectivity index (χ0n) is 12.1. The van der Waals surface area contributed by atoms with Gasteiger partial charge < -0.3 is 15.0 Å². The number of hydrogen-bond acceptors (Lipinski definition) is 3. The molecule has 0 radical (unpaired) electrons. The Hall–Kier alpha value is -0.770. The Labute approximate surface area is 110 Å². The van der Waals surface area contributed by atoms with Crippen LogP contribution in [-0.4, -0.2) is 42.8 Å². The van der Waals surface area contributed by atoms with Gasteiger partial charge in [0.25, 0.3) is 0 Å². The maximum Gasteiger partial charge on any atom is 0.410 e. The summed E-state index contributed by atoms with van der Waals surface area (Å²) in [5.74, 6) is 0.611.